The van der Waals surface area contributed by atoms with Crippen LogP contribution < -0.4 is 21.1 Å². The SMILES string of the molecule is COc1ccc(NC(=O)C(c2ccc(O)cc2)N(C(=O)C(CC(N)=O)NC(=O)OC(C)(C)C)C(C)C)cc1. The summed E-state index contributed by atoms with van der Waals surface area (Å²) >= 11 is 0. The summed E-state index contributed by atoms with van der Waals surface area (Å²) in [5.74, 6) is -1.53. The van der Waals surface area contributed by atoms with E-state index in [2.05, 4.69) is 10.6 Å². The first-order valence-corrected chi connectivity index (χ1v) is 12.1. The summed E-state index contributed by atoms with van der Waals surface area (Å²) in [5.41, 5.74) is 5.38. The number of aromatic hydroxyl groups is 1. The molecule has 0 heterocycles. The molecule has 0 saturated heterocycles. The number of anilines is 1. The first kappa shape index (κ1) is 29.9. The van der Waals surface area contributed by atoms with Gasteiger partial charge in [0.25, 0.3) is 5.91 Å². The highest BCUT2D eigenvalue weighted by atomic mass is 16.6. The summed E-state index contributed by atoms with van der Waals surface area (Å²) in [6, 6.07) is 9.31. The number of carbonyl (C=O) groups excluding carboxylic acids is 4. The van der Waals surface area contributed by atoms with Gasteiger partial charge in [-0.3, -0.25) is 14.4 Å². The summed E-state index contributed by atoms with van der Waals surface area (Å²) in [4.78, 5) is 53.1. The van der Waals surface area contributed by atoms with Crippen molar-refractivity contribution < 1.29 is 33.8 Å². The fourth-order valence-electron chi connectivity index (χ4n) is 3.69. The van der Waals surface area contributed by atoms with Crippen LogP contribution in [0.15, 0.2) is 48.5 Å². The molecule has 0 spiro atoms. The maximum absolute atomic E-state index is 13.8. The van der Waals surface area contributed by atoms with Crippen molar-refractivity contribution in [1.82, 2.24) is 10.2 Å². The molecule has 4 amide bonds. The Morgan fingerprint density at radius 3 is 2.05 bits per heavy atom. The number of primary amides is 1. The molecule has 0 aromatic heterocycles. The molecule has 2 aromatic rings. The monoisotopic (exact) mass is 528 g/mol. The topological polar surface area (TPSA) is 160 Å². The number of hydrogen-bond acceptors (Lipinski definition) is 7. The minimum atomic E-state index is -1.39. The van der Waals surface area contributed by atoms with Crippen LogP contribution in [0.1, 0.15) is 52.6 Å². The van der Waals surface area contributed by atoms with Gasteiger partial charge in [-0.1, -0.05) is 12.1 Å². The molecule has 0 aliphatic rings. The molecule has 0 saturated carbocycles. The molecule has 5 N–H and O–H groups in total. The normalized spacial score (nSPS) is 12.7. The van der Waals surface area contributed by atoms with E-state index in [1.165, 1.54) is 36.3 Å². The summed E-state index contributed by atoms with van der Waals surface area (Å²) in [5, 5.41) is 15.0. The van der Waals surface area contributed by atoms with E-state index in [0.29, 0.717) is 17.0 Å². The highest BCUT2D eigenvalue weighted by Gasteiger charge is 2.38. The second kappa shape index (κ2) is 12.8. The Morgan fingerprint density at radius 2 is 1.58 bits per heavy atom. The standard InChI is InChI=1S/C27H36N4O7/c1-16(2)31(25(35)21(15-22(28)33)30-26(36)38-27(3,4)5)23(17-7-11-19(32)12-8-17)24(34)29-18-9-13-20(37-6)14-10-18/h7-14,16,21,23,32H,15H2,1-6H3,(H2,28,33)(H,29,34)(H,30,36). The number of phenols is 1. The molecule has 38 heavy (non-hydrogen) atoms. The number of nitrogens with two attached hydrogens (primary N) is 1. The first-order valence-electron chi connectivity index (χ1n) is 12.1. The van der Waals surface area contributed by atoms with E-state index in [1.807, 2.05) is 0 Å². The molecule has 0 radical (unpaired) electrons. The van der Waals surface area contributed by atoms with Crippen LogP contribution in [0, 0.1) is 0 Å². The third-order valence-corrected chi connectivity index (χ3v) is 5.30. The predicted molar refractivity (Wildman–Crippen MR) is 141 cm³/mol. The molecule has 2 unspecified atom stereocenters. The number of nitrogens with zero attached hydrogens (tertiary/aromatic N) is 1. The quantitative estimate of drug-likeness (QED) is 0.368. The van der Waals surface area contributed by atoms with E-state index < -0.39 is 54.0 Å². The average Bonchev–Trinajstić information content (AvgIpc) is 2.81. The molecular weight excluding hydrogens is 492 g/mol. The van der Waals surface area contributed by atoms with Gasteiger partial charge in [0.15, 0.2) is 0 Å². The van der Waals surface area contributed by atoms with Crippen LogP contribution >= 0.6 is 0 Å². The minimum Gasteiger partial charge on any atom is -0.508 e. The zero-order chi connectivity index (χ0) is 28.6. The van der Waals surface area contributed by atoms with Gasteiger partial charge in [-0.05, 0) is 76.6 Å². The van der Waals surface area contributed by atoms with Crippen molar-refractivity contribution >= 4 is 29.5 Å². The third-order valence-electron chi connectivity index (χ3n) is 5.30. The fraction of sp³-hybridized carbons (Fsp3) is 0.407. The highest BCUT2D eigenvalue weighted by molar-refractivity contribution is 5.99. The molecule has 2 rings (SSSR count). The van der Waals surface area contributed by atoms with E-state index in [-0.39, 0.29) is 5.75 Å². The predicted octanol–water partition coefficient (Wildman–Crippen LogP) is 3.09. The van der Waals surface area contributed by atoms with Crippen molar-refractivity contribution in [3.05, 3.63) is 54.1 Å². The minimum absolute atomic E-state index is 0.0244. The molecule has 0 aliphatic heterocycles. The summed E-state index contributed by atoms with van der Waals surface area (Å²) in [7, 11) is 1.52. The fourth-order valence-corrected chi connectivity index (χ4v) is 3.69. The maximum Gasteiger partial charge on any atom is 0.408 e. The Balaban J connectivity index is 2.49. The van der Waals surface area contributed by atoms with E-state index in [0.717, 1.165) is 0 Å². The van der Waals surface area contributed by atoms with Gasteiger partial charge in [0.2, 0.25) is 11.8 Å². The Labute approximate surface area is 222 Å². The number of nitrogens with one attached hydrogen (secondary N) is 2. The number of hydrogen-bond donors (Lipinski definition) is 4. The van der Waals surface area contributed by atoms with Crippen molar-refractivity contribution in [2.75, 3.05) is 12.4 Å². The van der Waals surface area contributed by atoms with Crippen LogP contribution in [0.4, 0.5) is 10.5 Å². The van der Waals surface area contributed by atoms with Crippen molar-refractivity contribution in [2.24, 2.45) is 5.73 Å². The lowest BCUT2D eigenvalue weighted by atomic mass is 10.00. The number of methoxy groups -OCH3 is 1. The van der Waals surface area contributed by atoms with Gasteiger partial charge >= 0.3 is 6.09 Å². The Bertz CT molecular complexity index is 1130. The Kier molecular flexibility index (Phi) is 10.1. The maximum atomic E-state index is 13.8. The Morgan fingerprint density at radius 1 is 1.00 bits per heavy atom. The van der Waals surface area contributed by atoms with Gasteiger partial charge in [0.05, 0.1) is 13.5 Å². The van der Waals surface area contributed by atoms with Gasteiger partial charge in [-0.25, -0.2) is 4.79 Å². The lowest BCUT2D eigenvalue weighted by molar-refractivity contribution is -0.143. The van der Waals surface area contributed by atoms with Gasteiger partial charge in [0.1, 0.15) is 29.2 Å². The van der Waals surface area contributed by atoms with Gasteiger partial charge in [0, 0.05) is 11.7 Å². The number of rotatable bonds is 10. The molecule has 2 atom stereocenters. The van der Waals surface area contributed by atoms with Gasteiger partial charge in [-0.15, -0.1) is 0 Å². The molecule has 0 aliphatic carbocycles. The smallest absolute Gasteiger partial charge is 0.408 e. The van der Waals surface area contributed by atoms with Crippen molar-refractivity contribution in [3.8, 4) is 11.5 Å². The zero-order valence-corrected chi connectivity index (χ0v) is 22.5. The lowest BCUT2D eigenvalue weighted by Crippen LogP contribution is -2.55. The second-order valence-corrected chi connectivity index (χ2v) is 9.92. The van der Waals surface area contributed by atoms with Crippen LogP contribution in [-0.4, -0.2) is 58.6 Å². The van der Waals surface area contributed by atoms with Crippen LogP contribution in [-0.2, 0) is 19.1 Å². The van der Waals surface area contributed by atoms with Crippen molar-refractivity contribution in [1.29, 1.82) is 0 Å². The number of benzene rings is 2. The zero-order valence-electron chi connectivity index (χ0n) is 22.5. The summed E-state index contributed by atoms with van der Waals surface area (Å²) in [6.07, 6.45) is -1.42. The summed E-state index contributed by atoms with van der Waals surface area (Å²) < 4.78 is 10.4. The van der Waals surface area contributed by atoms with E-state index >= 15 is 0 Å². The highest BCUT2D eigenvalue weighted by Crippen LogP contribution is 2.28. The molecule has 11 heteroatoms. The molecular formula is C27H36N4O7. The van der Waals surface area contributed by atoms with Crippen LogP contribution in [0.2, 0.25) is 0 Å². The summed E-state index contributed by atoms with van der Waals surface area (Å²) in [6.45, 7) is 8.36. The number of amides is 4. The van der Waals surface area contributed by atoms with E-state index in [9.17, 15) is 24.3 Å². The molecule has 2 aromatic carbocycles. The molecule has 11 nitrogen and oxygen atoms in total. The lowest BCUT2D eigenvalue weighted by Gasteiger charge is -2.37. The molecule has 206 valence electrons. The second-order valence-electron chi connectivity index (χ2n) is 9.92. The average molecular weight is 529 g/mol. The van der Waals surface area contributed by atoms with Crippen LogP contribution in [0.5, 0.6) is 11.5 Å². The molecule has 0 bridgehead atoms. The van der Waals surface area contributed by atoms with Crippen molar-refractivity contribution in [3.63, 3.8) is 0 Å². The van der Waals surface area contributed by atoms with Crippen molar-refractivity contribution in [2.45, 2.75) is 64.8 Å². The number of alkyl carbamates (subject to hydrolysis) is 1. The largest absolute Gasteiger partial charge is 0.508 e. The van der Waals surface area contributed by atoms with E-state index in [4.69, 9.17) is 15.2 Å². The molecule has 0 fully saturated rings. The van der Waals surface area contributed by atoms with Crippen LogP contribution in [0.3, 0.4) is 0 Å². The number of ether oxygens (including phenoxy) is 2. The van der Waals surface area contributed by atoms with E-state index in [1.54, 1.807) is 58.9 Å². The van der Waals surface area contributed by atoms with Gasteiger partial charge in [-0.2, -0.15) is 0 Å². The van der Waals surface area contributed by atoms with Crippen LogP contribution in [0.25, 0.3) is 0 Å². The first-order chi connectivity index (χ1) is 17.7. The number of carbonyl (C=O) groups is 4. The Hall–Kier alpha value is -4.28. The number of phenolic OH excluding ortho intramolecular Hbond substituents is 1. The third kappa shape index (κ3) is 8.68. The van der Waals surface area contributed by atoms with Gasteiger partial charge < -0.3 is 35.8 Å².